The molecule has 1 saturated heterocycles. The molecule has 51 heavy (non-hydrogen) atoms. The third kappa shape index (κ3) is 10.8. The number of carboxylic acid groups (broad SMARTS) is 1. The molecule has 4 rings (SSSR count). The number of sulfonamides is 1. The minimum absolute atomic E-state index is 0.0636. The summed E-state index contributed by atoms with van der Waals surface area (Å²) < 4.78 is 55.8. The number of aliphatic hydroxyl groups excluding tert-OH is 4. The molecule has 1 aliphatic rings. The van der Waals surface area contributed by atoms with Crippen LogP contribution in [-0.4, -0.2) is 130 Å². The predicted octanol–water partition coefficient (Wildman–Crippen LogP) is 0.126. The van der Waals surface area contributed by atoms with E-state index in [1.54, 1.807) is 24.3 Å². The highest BCUT2D eigenvalue weighted by Crippen LogP contribution is 2.31. The lowest BCUT2D eigenvalue weighted by molar-refractivity contribution is -0.163. The number of halogens is 2. The van der Waals surface area contributed by atoms with Crippen molar-refractivity contribution in [2.45, 2.75) is 48.2 Å². The molecule has 0 aliphatic carbocycles. The molecule has 0 amide bonds. The predicted molar refractivity (Wildman–Crippen MR) is 181 cm³/mol. The van der Waals surface area contributed by atoms with Crippen LogP contribution in [0, 0.1) is 23.5 Å². The van der Waals surface area contributed by atoms with Crippen molar-refractivity contribution in [1.82, 2.24) is 14.2 Å². The molecule has 19 heteroatoms. The summed E-state index contributed by atoms with van der Waals surface area (Å²) in [4.78, 5) is 38.9. The second kappa shape index (κ2) is 18.2. The fourth-order valence-electron chi connectivity index (χ4n) is 4.57. The summed E-state index contributed by atoms with van der Waals surface area (Å²) in [5, 5.41) is 46.7. The highest BCUT2D eigenvalue weighted by molar-refractivity contribution is 7.89. The SMILES string of the molecule is CN(C)CC#Cc1ccc(S(=O)(=O)N2CCC(Nc3nc(N)c(C(=O)c4c(F)cccc4F)s3)CC2)cc1.O=C[C@H](O)[C@@H](O)[C@H](O)[C@H](O)C(=O)O. The number of aldehydes is 1. The number of nitrogens with one attached hydrogen (secondary N) is 1. The lowest BCUT2D eigenvalue weighted by atomic mass is 10.0. The van der Waals surface area contributed by atoms with Gasteiger partial charge in [-0.15, -0.1) is 0 Å². The molecule has 0 saturated carbocycles. The number of benzene rings is 2. The van der Waals surface area contributed by atoms with E-state index in [4.69, 9.17) is 31.3 Å². The van der Waals surface area contributed by atoms with Gasteiger partial charge in [-0.05, 0) is 63.3 Å². The van der Waals surface area contributed by atoms with Gasteiger partial charge in [0.15, 0.2) is 17.5 Å². The molecular formula is C32H37F2N5O10S2. The normalized spacial score (nSPS) is 16.1. The molecule has 276 valence electrons. The first-order valence-corrected chi connectivity index (χ1v) is 17.4. The molecule has 15 nitrogen and oxygen atoms in total. The number of thiazole rings is 1. The van der Waals surface area contributed by atoms with Gasteiger partial charge in [-0.1, -0.05) is 29.2 Å². The zero-order valence-electron chi connectivity index (χ0n) is 27.3. The molecule has 0 radical (unpaired) electrons. The number of nitrogens with two attached hydrogens (primary N) is 1. The van der Waals surface area contributed by atoms with Crippen LogP contribution >= 0.6 is 11.3 Å². The van der Waals surface area contributed by atoms with Crippen LogP contribution < -0.4 is 11.1 Å². The largest absolute Gasteiger partial charge is 0.479 e. The first-order valence-electron chi connectivity index (χ1n) is 15.1. The number of hydrogen-bond donors (Lipinski definition) is 7. The summed E-state index contributed by atoms with van der Waals surface area (Å²) in [7, 11) is 0.180. The Kier molecular flexibility index (Phi) is 14.6. The number of carbonyl (C=O) groups excluding carboxylic acids is 2. The number of carboxylic acids is 1. The number of nitrogens with zero attached hydrogens (tertiary/aromatic N) is 3. The van der Waals surface area contributed by atoms with Gasteiger partial charge < -0.3 is 41.4 Å². The van der Waals surface area contributed by atoms with Crippen LogP contribution in [0.25, 0.3) is 0 Å². The second-order valence-electron chi connectivity index (χ2n) is 11.4. The first kappa shape index (κ1) is 41.0. The smallest absolute Gasteiger partial charge is 0.335 e. The van der Waals surface area contributed by atoms with Gasteiger partial charge in [-0.3, -0.25) is 9.69 Å². The van der Waals surface area contributed by atoms with Crippen LogP contribution in [0.1, 0.15) is 33.6 Å². The summed E-state index contributed by atoms with van der Waals surface area (Å²) in [6.07, 6.45) is -7.40. The molecular weight excluding hydrogens is 717 g/mol. The lowest BCUT2D eigenvalue weighted by Gasteiger charge is -2.31. The molecule has 0 unspecified atom stereocenters. The van der Waals surface area contributed by atoms with Crippen molar-refractivity contribution in [2.24, 2.45) is 0 Å². The zero-order chi connectivity index (χ0) is 38.0. The van der Waals surface area contributed by atoms with Crippen molar-refractivity contribution in [2.75, 3.05) is 44.8 Å². The Morgan fingerprint density at radius 1 is 1.08 bits per heavy atom. The maximum Gasteiger partial charge on any atom is 0.335 e. The van der Waals surface area contributed by atoms with Crippen molar-refractivity contribution >= 4 is 50.3 Å². The van der Waals surface area contributed by atoms with E-state index in [9.17, 15) is 31.6 Å². The summed E-state index contributed by atoms with van der Waals surface area (Å²) in [6, 6.07) is 9.59. The summed E-state index contributed by atoms with van der Waals surface area (Å²) in [5.41, 5.74) is 5.94. The molecule has 1 aliphatic heterocycles. The van der Waals surface area contributed by atoms with Crippen LogP contribution in [0.2, 0.25) is 0 Å². The van der Waals surface area contributed by atoms with Crippen molar-refractivity contribution in [3.63, 3.8) is 0 Å². The Morgan fingerprint density at radius 3 is 2.20 bits per heavy atom. The summed E-state index contributed by atoms with van der Waals surface area (Å²) >= 11 is 0.909. The zero-order valence-corrected chi connectivity index (χ0v) is 28.9. The van der Waals surface area contributed by atoms with E-state index in [0.29, 0.717) is 24.5 Å². The molecule has 8 N–H and O–H groups in total. The number of anilines is 2. The number of hydrogen-bond acceptors (Lipinski definition) is 14. The number of rotatable bonds is 12. The van der Waals surface area contributed by atoms with Crippen molar-refractivity contribution in [3.8, 4) is 11.8 Å². The van der Waals surface area contributed by atoms with Crippen LogP contribution in [0.3, 0.4) is 0 Å². The number of aliphatic hydroxyl groups is 4. The van der Waals surface area contributed by atoms with Gasteiger partial charge in [-0.2, -0.15) is 4.31 Å². The average Bonchev–Trinajstić information content (AvgIpc) is 3.46. The minimum atomic E-state index is -3.66. The molecule has 0 spiro atoms. The Labute approximate surface area is 296 Å². The van der Waals surface area contributed by atoms with E-state index in [1.165, 1.54) is 10.4 Å². The van der Waals surface area contributed by atoms with Gasteiger partial charge >= 0.3 is 5.97 Å². The third-order valence-electron chi connectivity index (χ3n) is 7.37. The highest BCUT2D eigenvalue weighted by atomic mass is 32.2. The fourth-order valence-corrected chi connectivity index (χ4v) is 6.95. The Bertz CT molecular complexity index is 1840. The number of carbonyl (C=O) groups is 3. The van der Waals surface area contributed by atoms with E-state index in [1.807, 2.05) is 19.0 Å². The summed E-state index contributed by atoms with van der Waals surface area (Å²) in [6.45, 7) is 1.19. The van der Waals surface area contributed by atoms with Gasteiger partial charge in [0.1, 0.15) is 40.6 Å². The average molecular weight is 754 g/mol. The quantitative estimate of drug-likeness (QED) is 0.0739. The van der Waals surface area contributed by atoms with Crippen LogP contribution in [0.4, 0.5) is 19.7 Å². The van der Waals surface area contributed by atoms with Gasteiger partial charge in [-0.25, -0.2) is 27.0 Å². The lowest BCUT2D eigenvalue weighted by Crippen LogP contribution is -2.48. The van der Waals surface area contributed by atoms with Crippen LogP contribution in [0.5, 0.6) is 0 Å². The fraction of sp³-hybridized carbons (Fsp3) is 0.375. The Morgan fingerprint density at radius 2 is 1.67 bits per heavy atom. The van der Waals surface area contributed by atoms with Crippen LogP contribution in [-0.2, 0) is 19.6 Å². The highest BCUT2D eigenvalue weighted by Gasteiger charge is 2.34. The van der Waals surface area contributed by atoms with Gasteiger partial charge in [0, 0.05) is 24.7 Å². The number of ketones is 1. The Balaban J connectivity index is 0.000000460. The van der Waals surface area contributed by atoms with E-state index >= 15 is 0 Å². The van der Waals surface area contributed by atoms with Crippen molar-refractivity contribution in [3.05, 3.63) is 70.1 Å². The molecule has 2 aromatic carbocycles. The van der Waals surface area contributed by atoms with Gasteiger partial charge in [0.05, 0.1) is 17.0 Å². The molecule has 4 atom stereocenters. The van der Waals surface area contributed by atoms with Gasteiger partial charge in [0.25, 0.3) is 0 Å². The standard InChI is InChI=1S/C26H27F2N5O3S2.C6H10O7/c1-32(2)14-4-5-17-8-10-19(11-9-17)38(35,36)33-15-12-18(13-16-33)30-26-31-25(29)24(37-26)23(34)22-20(27)6-3-7-21(22)28;7-1-2(8)3(9)4(10)5(11)6(12)13/h3,6-11,18H,12-16,29H2,1-2H3,(H,30,31);1-5,8-11H,(H,12,13)/t;2-,3+,4-,5-/m.0/s1. The molecule has 1 aromatic heterocycles. The third-order valence-corrected chi connectivity index (χ3v) is 10.3. The number of aromatic nitrogens is 1. The Hall–Kier alpha value is -4.39. The number of nitrogen functional groups attached to an aromatic ring is 1. The second-order valence-corrected chi connectivity index (χ2v) is 14.4. The molecule has 1 fully saturated rings. The van der Waals surface area contributed by atoms with E-state index in [2.05, 4.69) is 22.1 Å². The minimum Gasteiger partial charge on any atom is -0.479 e. The van der Waals surface area contributed by atoms with E-state index in [-0.39, 0.29) is 41.0 Å². The van der Waals surface area contributed by atoms with E-state index < -0.39 is 63.4 Å². The first-order chi connectivity index (χ1) is 24.0. The molecule has 3 aromatic rings. The topological polar surface area (TPSA) is 244 Å². The van der Waals surface area contributed by atoms with Crippen molar-refractivity contribution < 1.29 is 57.1 Å². The maximum absolute atomic E-state index is 14.1. The molecule has 2 heterocycles. The van der Waals surface area contributed by atoms with E-state index in [0.717, 1.165) is 29.0 Å². The summed E-state index contributed by atoms with van der Waals surface area (Å²) in [5.74, 6) is 1.32. The molecule has 0 bridgehead atoms. The monoisotopic (exact) mass is 753 g/mol. The number of piperidine rings is 1. The number of aliphatic carboxylic acids is 1. The van der Waals surface area contributed by atoms with Crippen LogP contribution in [0.15, 0.2) is 47.4 Å². The van der Waals surface area contributed by atoms with Crippen molar-refractivity contribution in [1.29, 1.82) is 0 Å². The maximum atomic E-state index is 14.1. The van der Waals surface area contributed by atoms with Gasteiger partial charge in [0.2, 0.25) is 15.8 Å².